The predicted octanol–water partition coefficient (Wildman–Crippen LogP) is 2.42. The summed E-state index contributed by atoms with van der Waals surface area (Å²) in [6.45, 7) is 0. The Morgan fingerprint density at radius 3 is 3.08 bits per heavy atom. The fourth-order valence-electron chi connectivity index (χ4n) is 2.10. The second-order valence-electron chi connectivity index (χ2n) is 3.54. The molecule has 1 atom stereocenters. The van der Waals surface area contributed by atoms with Gasteiger partial charge < -0.3 is 5.32 Å². The maximum absolute atomic E-state index is 13.4. The molecule has 2 rings (SSSR count). The summed E-state index contributed by atoms with van der Waals surface area (Å²) in [7, 11) is 1.94. The lowest BCUT2D eigenvalue weighted by molar-refractivity contribution is 0.479. The van der Waals surface area contributed by atoms with Gasteiger partial charge in [-0.1, -0.05) is 12.1 Å². The largest absolute Gasteiger partial charge is 0.313 e. The van der Waals surface area contributed by atoms with Gasteiger partial charge >= 0.3 is 0 Å². The van der Waals surface area contributed by atoms with Crippen LogP contribution < -0.4 is 5.32 Å². The minimum absolute atomic E-state index is 0.0440. The van der Waals surface area contributed by atoms with E-state index in [4.69, 9.17) is 0 Å². The molecule has 13 heavy (non-hydrogen) atoms. The lowest BCUT2D eigenvalue weighted by atomic mass is 9.87. The zero-order chi connectivity index (χ0) is 9.26. The van der Waals surface area contributed by atoms with Crippen LogP contribution in [-0.2, 0) is 6.42 Å². The summed E-state index contributed by atoms with van der Waals surface area (Å²) in [5, 5.41) is 3.22. The van der Waals surface area contributed by atoms with Crippen LogP contribution in [0.15, 0.2) is 18.2 Å². The Bertz CT molecular complexity index is 309. The summed E-state index contributed by atoms with van der Waals surface area (Å²) in [6.07, 6.45) is 3.09. The third-order valence-corrected chi connectivity index (χ3v) is 2.80. The van der Waals surface area contributed by atoms with Gasteiger partial charge in [0.15, 0.2) is 0 Å². The second-order valence-corrected chi connectivity index (χ2v) is 3.54. The number of rotatable bonds is 1. The summed E-state index contributed by atoms with van der Waals surface area (Å²) in [6, 6.07) is 5.72. The van der Waals surface area contributed by atoms with Crippen molar-refractivity contribution >= 4 is 0 Å². The Morgan fingerprint density at radius 2 is 2.31 bits per heavy atom. The van der Waals surface area contributed by atoms with Crippen molar-refractivity contribution in [3.63, 3.8) is 0 Å². The van der Waals surface area contributed by atoms with Crippen LogP contribution in [-0.4, -0.2) is 7.05 Å². The minimum Gasteiger partial charge on any atom is -0.313 e. The van der Waals surface area contributed by atoms with Crippen LogP contribution >= 0.6 is 0 Å². The molecule has 2 heteroatoms. The number of fused-ring (bicyclic) bond motifs is 1. The molecule has 0 aliphatic heterocycles. The number of hydrogen-bond donors (Lipinski definition) is 1. The number of hydrogen-bond acceptors (Lipinski definition) is 1. The van der Waals surface area contributed by atoms with Crippen LogP contribution in [0.4, 0.5) is 4.39 Å². The van der Waals surface area contributed by atoms with E-state index >= 15 is 0 Å². The van der Waals surface area contributed by atoms with E-state index in [1.54, 1.807) is 12.1 Å². The average Bonchev–Trinajstić information content (AvgIpc) is 2.18. The van der Waals surface area contributed by atoms with Gasteiger partial charge in [-0.3, -0.25) is 0 Å². The molecule has 1 nitrogen and oxygen atoms in total. The average molecular weight is 179 g/mol. The Labute approximate surface area is 78.0 Å². The summed E-state index contributed by atoms with van der Waals surface area (Å²) >= 11 is 0. The molecule has 70 valence electrons. The molecule has 0 heterocycles. The van der Waals surface area contributed by atoms with Crippen LogP contribution in [0.25, 0.3) is 0 Å². The Hall–Kier alpha value is -0.890. The molecule has 0 bridgehead atoms. The van der Waals surface area contributed by atoms with E-state index in [2.05, 4.69) is 5.32 Å². The van der Waals surface area contributed by atoms with Crippen LogP contribution in [0.2, 0.25) is 0 Å². The number of halogens is 1. The van der Waals surface area contributed by atoms with E-state index in [0.29, 0.717) is 6.04 Å². The fourth-order valence-corrected chi connectivity index (χ4v) is 2.10. The molecule has 1 aromatic carbocycles. The Balaban J connectivity index is 2.45. The number of nitrogens with one attached hydrogen (secondary N) is 1. The van der Waals surface area contributed by atoms with Gasteiger partial charge in [-0.15, -0.1) is 0 Å². The molecule has 0 aromatic heterocycles. The van der Waals surface area contributed by atoms with Gasteiger partial charge in [-0.2, -0.15) is 0 Å². The van der Waals surface area contributed by atoms with Gasteiger partial charge in [0, 0.05) is 6.04 Å². The van der Waals surface area contributed by atoms with Crippen molar-refractivity contribution in [2.75, 3.05) is 7.05 Å². The third kappa shape index (κ3) is 1.46. The van der Waals surface area contributed by atoms with Crippen molar-refractivity contribution in [1.82, 2.24) is 5.32 Å². The summed E-state index contributed by atoms with van der Waals surface area (Å²) < 4.78 is 13.4. The third-order valence-electron chi connectivity index (χ3n) is 2.80. The highest BCUT2D eigenvalue weighted by atomic mass is 19.1. The van der Waals surface area contributed by atoms with Gasteiger partial charge in [-0.05, 0) is 43.5 Å². The Morgan fingerprint density at radius 1 is 1.46 bits per heavy atom. The van der Waals surface area contributed by atoms with Crippen LogP contribution in [0, 0.1) is 5.82 Å². The first kappa shape index (κ1) is 8.70. The van der Waals surface area contributed by atoms with Crippen molar-refractivity contribution in [3.05, 3.63) is 35.1 Å². The molecule has 1 N–H and O–H groups in total. The van der Waals surface area contributed by atoms with Crippen molar-refractivity contribution in [1.29, 1.82) is 0 Å². The first-order valence-electron chi connectivity index (χ1n) is 4.77. The van der Waals surface area contributed by atoms with Crippen LogP contribution in [0.1, 0.15) is 30.0 Å². The highest BCUT2D eigenvalue weighted by molar-refractivity contribution is 5.33. The number of benzene rings is 1. The summed E-state index contributed by atoms with van der Waals surface area (Å²) in [5.74, 6) is -0.0440. The van der Waals surface area contributed by atoms with E-state index in [1.807, 2.05) is 13.1 Å². The van der Waals surface area contributed by atoms with Crippen molar-refractivity contribution in [2.45, 2.75) is 25.3 Å². The van der Waals surface area contributed by atoms with Crippen LogP contribution in [0.5, 0.6) is 0 Å². The smallest absolute Gasteiger partial charge is 0.126 e. The van der Waals surface area contributed by atoms with Gasteiger partial charge in [0.1, 0.15) is 5.82 Å². The molecule has 1 aromatic rings. The van der Waals surface area contributed by atoms with E-state index in [-0.39, 0.29) is 5.82 Å². The lowest BCUT2D eigenvalue weighted by Crippen LogP contribution is -2.22. The highest BCUT2D eigenvalue weighted by Gasteiger charge is 2.20. The van der Waals surface area contributed by atoms with E-state index < -0.39 is 0 Å². The Kier molecular flexibility index (Phi) is 2.32. The highest BCUT2D eigenvalue weighted by Crippen LogP contribution is 2.30. The van der Waals surface area contributed by atoms with E-state index in [9.17, 15) is 4.39 Å². The van der Waals surface area contributed by atoms with Gasteiger partial charge in [0.25, 0.3) is 0 Å². The van der Waals surface area contributed by atoms with E-state index in [1.165, 1.54) is 0 Å². The molecule has 0 saturated carbocycles. The molecule has 1 aliphatic carbocycles. The first-order valence-corrected chi connectivity index (χ1v) is 4.77. The topological polar surface area (TPSA) is 12.0 Å². The van der Waals surface area contributed by atoms with Crippen molar-refractivity contribution < 1.29 is 4.39 Å². The summed E-state index contributed by atoms with van der Waals surface area (Å²) in [4.78, 5) is 0. The SMILES string of the molecule is CNC1CCCc2c(F)cccc21. The minimum atomic E-state index is -0.0440. The molecule has 1 aliphatic rings. The maximum atomic E-state index is 13.4. The predicted molar refractivity (Wildman–Crippen MR) is 51.1 cm³/mol. The molecule has 0 amide bonds. The van der Waals surface area contributed by atoms with Crippen molar-refractivity contribution in [2.24, 2.45) is 0 Å². The van der Waals surface area contributed by atoms with Gasteiger partial charge in [0.05, 0.1) is 0 Å². The van der Waals surface area contributed by atoms with Crippen LogP contribution in [0.3, 0.4) is 0 Å². The molecule has 1 unspecified atom stereocenters. The monoisotopic (exact) mass is 179 g/mol. The van der Waals surface area contributed by atoms with Gasteiger partial charge in [0.2, 0.25) is 0 Å². The van der Waals surface area contributed by atoms with E-state index in [0.717, 1.165) is 30.4 Å². The molecule has 0 spiro atoms. The zero-order valence-electron chi connectivity index (χ0n) is 7.81. The second kappa shape index (κ2) is 3.46. The first-order chi connectivity index (χ1) is 6.33. The standard InChI is InChI=1S/C11H14FN/c1-13-11-7-3-4-8-9(11)5-2-6-10(8)12/h2,5-6,11,13H,3-4,7H2,1H3. The molecular formula is C11H14FN. The molecule has 0 saturated heterocycles. The molecule has 0 radical (unpaired) electrons. The van der Waals surface area contributed by atoms with Gasteiger partial charge in [-0.25, -0.2) is 4.39 Å². The lowest BCUT2D eigenvalue weighted by Gasteiger charge is -2.25. The molecule has 0 fully saturated rings. The normalized spacial score (nSPS) is 21.2. The zero-order valence-corrected chi connectivity index (χ0v) is 7.81. The quantitative estimate of drug-likeness (QED) is 0.698. The molecular weight excluding hydrogens is 165 g/mol. The maximum Gasteiger partial charge on any atom is 0.126 e. The fraction of sp³-hybridized carbons (Fsp3) is 0.455. The van der Waals surface area contributed by atoms with Crippen molar-refractivity contribution in [3.8, 4) is 0 Å². The summed E-state index contributed by atoms with van der Waals surface area (Å²) in [5.41, 5.74) is 2.06.